The maximum Gasteiger partial charge on any atom is 0.177 e. The van der Waals surface area contributed by atoms with E-state index >= 15 is 0 Å². The molecule has 2 aromatic carbocycles. The predicted octanol–water partition coefficient (Wildman–Crippen LogP) is 4.45. The number of phenols is 1. The first-order valence-electron chi connectivity index (χ1n) is 8.04. The van der Waals surface area contributed by atoms with Gasteiger partial charge in [0.15, 0.2) is 17.1 Å². The third kappa shape index (κ3) is 2.40. The largest absolute Gasteiger partial charge is 0.504 e. The third-order valence-electron chi connectivity index (χ3n) is 4.40. The van der Waals surface area contributed by atoms with Gasteiger partial charge in [0.2, 0.25) is 0 Å². The van der Waals surface area contributed by atoms with E-state index in [0.29, 0.717) is 11.0 Å². The summed E-state index contributed by atoms with van der Waals surface area (Å²) in [7, 11) is 0. The second-order valence-corrected chi connectivity index (χ2v) is 6.82. The molecule has 0 atom stereocenters. The van der Waals surface area contributed by atoms with Crippen molar-refractivity contribution in [3.05, 3.63) is 34.7 Å². The van der Waals surface area contributed by atoms with Gasteiger partial charge >= 0.3 is 0 Å². The molecule has 0 aliphatic carbocycles. The molecule has 0 spiro atoms. The fourth-order valence-corrected chi connectivity index (χ4v) is 2.99. The Balaban J connectivity index is 2.48. The number of hydrogen-bond donors (Lipinski definition) is 1. The Kier molecular flexibility index (Phi) is 3.67. The monoisotopic (exact) mass is 310 g/mol. The number of carbonyl (C=O) groups is 1. The van der Waals surface area contributed by atoms with E-state index in [1.165, 1.54) is 0 Å². The number of phenolic OH excluding ortho intramolecular Hbond substituents is 1. The minimum absolute atomic E-state index is 0.0211. The fraction of sp³-hybridized carbons (Fsp3) is 0.350. The number of carbonyl (C=O) groups excluding carboxylic acids is 1. The van der Waals surface area contributed by atoms with Gasteiger partial charge in [0, 0.05) is 28.3 Å². The molecule has 0 fully saturated rings. The van der Waals surface area contributed by atoms with Gasteiger partial charge in [-0.25, -0.2) is 0 Å². The maximum absolute atomic E-state index is 12.1. The molecule has 3 heteroatoms. The number of rotatable bonds is 3. The molecular weight excluding hydrogens is 288 g/mol. The van der Waals surface area contributed by atoms with E-state index in [2.05, 4.69) is 0 Å². The minimum atomic E-state index is -0.0888. The molecule has 1 N–H and O–H groups in total. The van der Waals surface area contributed by atoms with Crippen LogP contribution in [0.15, 0.2) is 22.6 Å². The number of Topliss-reactive ketones (excluding diaryl/α,β-unsaturated/α-hetero) is 1. The Morgan fingerprint density at radius 3 is 2.48 bits per heavy atom. The maximum atomic E-state index is 12.1. The molecule has 1 aromatic heterocycles. The molecule has 0 bridgehead atoms. The molecule has 0 saturated heterocycles. The Labute approximate surface area is 135 Å². The van der Waals surface area contributed by atoms with Crippen LogP contribution in [0.5, 0.6) is 5.75 Å². The van der Waals surface area contributed by atoms with Gasteiger partial charge < -0.3 is 9.52 Å². The summed E-state index contributed by atoms with van der Waals surface area (Å²) in [5.74, 6) is 0.302. The van der Waals surface area contributed by atoms with Crippen LogP contribution in [0.4, 0.5) is 0 Å². The fourth-order valence-electron chi connectivity index (χ4n) is 2.99. The summed E-state index contributed by atoms with van der Waals surface area (Å²) in [6, 6.07) is 6.09. The summed E-state index contributed by atoms with van der Waals surface area (Å²) >= 11 is 0. The lowest BCUT2D eigenvalue weighted by Gasteiger charge is -2.10. The molecule has 3 nitrogen and oxygen atoms in total. The molecule has 0 aliphatic heterocycles. The van der Waals surface area contributed by atoms with Crippen molar-refractivity contribution in [2.24, 2.45) is 5.92 Å². The normalized spacial score (nSPS) is 13.1. The molecule has 3 aromatic rings. The molecule has 0 amide bonds. The summed E-state index contributed by atoms with van der Waals surface area (Å²) in [6.45, 7) is 9.80. The number of benzene rings is 2. The van der Waals surface area contributed by atoms with Crippen molar-refractivity contribution in [3.63, 3.8) is 0 Å². The Morgan fingerprint density at radius 1 is 1.17 bits per heavy atom. The van der Waals surface area contributed by atoms with E-state index in [4.69, 9.17) is 4.42 Å². The number of hydrogen-bond acceptors (Lipinski definition) is 3. The third-order valence-corrected chi connectivity index (χ3v) is 4.40. The molecule has 120 valence electrons. The molecule has 1 heterocycles. The molecule has 0 unspecified atom stereocenters. The molecule has 0 radical (unpaired) electrons. The van der Waals surface area contributed by atoms with Crippen molar-refractivity contribution in [2.75, 3.05) is 0 Å². The van der Waals surface area contributed by atoms with Crippen LogP contribution in [0.3, 0.4) is 0 Å². The van der Waals surface area contributed by atoms with Gasteiger partial charge in [-0.3, -0.25) is 4.79 Å². The first kappa shape index (κ1) is 15.6. The van der Waals surface area contributed by atoms with Gasteiger partial charge in [0.25, 0.3) is 0 Å². The Hall–Kier alpha value is -2.29. The van der Waals surface area contributed by atoms with Crippen LogP contribution in [0, 0.1) is 12.8 Å². The zero-order valence-corrected chi connectivity index (χ0v) is 14.2. The van der Waals surface area contributed by atoms with Gasteiger partial charge in [0.05, 0.1) is 0 Å². The lowest BCUT2D eigenvalue weighted by atomic mass is 9.95. The van der Waals surface area contributed by atoms with Crippen LogP contribution >= 0.6 is 0 Å². The molecular formula is C20H22O3. The number of furan rings is 1. The van der Waals surface area contributed by atoms with Crippen molar-refractivity contribution in [2.45, 2.75) is 40.5 Å². The van der Waals surface area contributed by atoms with Crippen molar-refractivity contribution < 1.29 is 14.3 Å². The molecule has 3 rings (SSSR count). The lowest BCUT2D eigenvalue weighted by molar-refractivity contribution is -0.115. The zero-order valence-electron chi connectivity index (χ0n) is 14.2. The second kappa shape index (κ2) is 5.41. The van der Waals surface area contributed by atoms with Crippen LogP contribution in [-0.2, 0) is 4.79 Å². The summed E-state index contributed by atoms with van der Waals surface area (Å²) in [4.78, 5) is 12.1. The van der Waals surface area contributed by atoms with E-state index in [9.17, 15) is 9.90 Å². The van der Waals surface area contributed by atoms with E-state index in [1.54, 1.807) is 6.08 Å². The van der Waals surface area contributed by atoms with Crippen LogP contribution in [0.25, 0.3) is 27.8 Å². The Morgan fingerprint density at radius 2 is 1.87 bits per heavy atom. The first-order valence-corrected chi connectivity index (χ1v) is 8.04. The van der Waals surface area contributed by atoms with Crippen LogP contribution in [0.1, 0.15) is 44.7 Å². The minimum Gasteiger partial charge on any atom is -0.504 e. The number of aromatic hydroxyl groups is 1. The van der Waals surface area contributed by atoms with Crippen molar-refractivity contribution >= 4 is 33.6 Å². The highest BCUT2D eigenvalue weighted by Crippen LogP contribution is 2.39. The SMILES string of the molecule is Cc1ccc2cc(C(C)C)c(O)c3o/c(=C\C(=O)C(C)C)c1c23. The molecule has 0 aliphatic rings. The van der Waals surface area contributed by atoms with Crippen LogP contribution in [0.2, 0.25) is 0 Å². The van der Waals surface area contributed by atoms with Crippen molar-refractivity contribution in [3.8, 4) is 5.75 Å². The van der Waals surface area contributed by atoms with Crippen molar-refractivity contribution in [1.82, 2.24) is 0 Å². The highest BCUT2D eigenvalue weighted by molar-refractivity contribution is 6.15. The smallest absolute Gasteiger partial charge is 0.177 e. The van der Waals surface area contributed by atoms with E-state index in [1.807, 2.05) is 52.8 Å². The highest BCUT2D eigenvalue weighted by atomic mass is 16.4. The van der Waals surface area contributed by atoms with Crippen LogP contribution in [-0.4, -0.2) is 10.9 Å². The van der Waals surface area contributed by atoms with Crippen molar-refractivity contribution in [1.29, 1.82) is 0 Å². The average Bonchev–Trinajstić information content (AvgIpc) is 2.86. The number of aryl methyl sites for hydroxylation is 1. The van der Waals surface area contributed by atoms with E-state index in [0.717, 1.165) is 27.3 Å². The van der Waals surface area contributed by atoms with Gasteiger partial charge in [0.1, 0.15) is 5.42 Å². The lowest BCUT2D eigenvalue weighted by Crippen LogP contribution is -2.09. The standard InChI is InChI=1S/C20H22O3/c1-10(2)14-8-13-7-6-12(5)17-16(9-15(21)11(3)4)23-20(18(13)17)19(14)22/h6-11,22H,1-5H3/b16-9-. The predicted molar refractivity (Wildman–Crippen MR) is 93.7 cm³/mol. The summed E-state index contributed by atoms with van der Waals surface area (Å²) in [5.41, 5.74) is 2.92. The summed E-state index contributed by atoms with van der Waals surface area (Å²) in [6.07, 6.45) is 1.56. The summed E-state index contributed by atoms with van der Waals surface area (Å²) < 4.78 is 5.94. The van der Waals surface area contributed by atoms with E-state index < -0.39 is 0 Å². The van der Waals surface area contributed by atoms with Gasteiger partial charge in [-0.15, -0.1) is 0 Å². The zero-order chi connectivity index (χ0) is 16.9. The molecule has 0 saturated carbocycles. The second-order valence-electron chi connectivity index (χ2n) is 6.82. The van der Waals surface area contributed by atoms with Gasteiger partial charge in [-0.1, -0.05) is 39.8 Å². The molecule has 23 heavy (non-hydrogen) atoms. The highest BCUT2D eigenvalue weighted by Gasteiger charge is 2.19. The topological polar surface area (TPSA) is 50.4 Å². The van der Waals surface area contributed by atoms with E-state index in [-0.39, 0.29) is 23.4 Å². The van der Waals surface area contributed by atoms with Gasteiger partial charge in [-0.05, 0) is 29.9 Å². The van der Waals surface area contributed by atoms with Gasteiger partial charge in [-0.2, -0.15) is 0 Å². The number of ketones is 1. The van der Waals surface area contributed by atoms with Crippen LogP contribution < -0.4 is 5.42 Å². The quantitative estimate of drug-likeness (QED) is 0.777. The summed E-state index contributed by atoms with van der Waals surface area (Å²) in [5, 5.41) is 13.4. The average molecular weight is 310 g/mol. The first-order chi connectivity index (χ1) is 10.8. The Bertz CT molecular complexity index is 958.